The van der Waals surface area contributed by atoms with Crippen molar-refractivity contribution in [3.8, 4) is 0 Å². The summed E-state index contributed by atoms with van der Waals surface area (Å²) >= 11 is 0. The van der Waals surface area contributed by atoms with Crippen molar-refractivity contribution < 1.29 is 14.6 Å². The second-order valence-electron chi connectivity index (χ2n) is 6.92. The standard InChI is InChI=1S/C16H18O3/c1-3-19-16(18)14-13-9-5(2)8-6-4-7(11(13)10(6)9)12(8)15(14)17/h6-13,17H,2-4H2,1H3. The zero-order chi connectivity index (χ0) is 13.0. The summed E-state index contributed by atoms with van der Waals surface area (Å²) in [6.07, 6.45) is 1.25. The van der Waals surface area contributed by atoms with Gasteiger partial charge in [-0.15, -0.1) is 0 Å². The van der Waals surface area contributed by atoms with Crippen molar-refractivity contribution in [1.29, 1.82) is 0 Å². The van der Waals surface area contributed by atoms with E-state index in [1.165, 1.54) is 12.0 Å². The van der Waals surface area contributed by atoms with Gasteiger partial charge in [-0.1, -0.05) is 12.2 Å². The molecule has 5 aliphatic rings. The Labute approximate surface area is 112 Å². The Hall–Kier alpha value is -1.25. The lowest BCUT2D eigenvalue weighted by Gasteiger charge is -2.54. The molecule has 5 rings (SSSR count). The molecule has 19 heavy (non-hydrogen) atoms. The largest absolute Gasteiger partial charge is 0.511 e. The highest BCUT2D eigenvalue weighted by Gasteiger charge is 2.78. The first-order chi connectivity index (χ1) is 9.16. The fraction of sp³-hybridized carbons (Fsp3) is 0.688. The van der Waals surface area contributed by atoms with Crippen molar-refractivity contribution in [1.82, 2.24) is 0 Å². The highest BCUT2D eigenvalue weighted by atomic mass is 16.5. The first-order valence-electron chi connectivity index (χ1n) is 7.45. The molecule has 1 N–H and O–H groups in total. The van der Waals surface area contributed by atoms with Gasteiger partial charge in [0.2, 0.25) is 0 Å². The summed E-state index contributed by atoms with van der Waals surface area (Å²) in [7, 11) is 0. The van der Waals surface area contributed by atoms with Gasteiger partial charge in [-0.05, 0) is 48.9 Å². The van der Waals surface area contributed by atoms with Gasteiger partial charge in [-0.2, -0.15) is 0 Å². The maximum absolute atomic E-state index is 12.2. The SMILES string of the molecule is C=C1C2C3CC4C2C(O)=C(C(=O)OCC)C2C1C3C42. The minimum absolute atomic E-state index is 0.182. The zero-order valence-corrected chi connectivity index (χ0v) is 11.0. The van der Waals surface area contributed by atoms with Gasteiger partial charge < -0.3 is 9.84 Å². The van der Waals surface area contributed by atoms with E-state index in [2.05, 4.69) is 6.58 Å². The van der Waals surface area contributed by atoms with E-state index in [0.29, 0.717) is 41.6 Å². The van der Waals surface area contributed by atoms with Crippen LogP contribution in [0.2, 0.25) is 0 Å². The maximum Gasteiger partial charge on any atom is 0.337 e. The number of allylic oxidation sites excluding steroid dienone is 2. The summed E-state index contributed by atoms with van der Waals surface area (Å²) in [5.74, 6) is 4.14. The van der Waals surface area contributed by atoms with Crippen LogP contribution in [0.3, 0.4) is 0 Å². The van der Waals surface area contributed by atoms with E-state index in [-0.39, 0.29) is 17.8 Å². The number of ether oxygens (including phenoxy) is 1. The van der Waals surface area contributed by atoms with Gasteiger partial charge in [-0.3, -0.25) is 0 Å². The van der Waals surface area contributed by atoms with Crippen molar-refractivity contribution in [2.24, 2.45) is 47.3 Å². The third-order valence-corrected chi connectivity index (χ3v) is 6.78. The molecule has 0 amide bonds. The minimum atomic E-state index is -0.282. The molecule has 8 atom stereocenters. The molecule has 0 aromatic carbocycles. The normalized spacial score (nSPS) is 54.9. The number of aliphatic hydroxyl groups is 1. The number of esters is 1. The second kappa shape index (κ2) is 2.92. The Morgan fingerprint density at radius 1 is 1.26 bits per heavy atom. The number of carbonyl (C=O) groups excluding carboxylic acids is 1. The van der Waals surface area contributed by atoms with Gasteiger partial charge in [0.15, 0.2) is 0 Å². The Morgan fingerprint density at radius 2 is 1.95 bits per heavy atom. The van der Waals surface area contributed by atoms with Crippen LogP contribution < -0.4 is 0 Å². The lowest BCUT2D eigenvalue weighted by atomic mass is 9.49. The smallest absolute Gasteiger partial charge is 0.337 e. The van der Waals surface area contributed by atoms with Gasteiger partial charge in [-0.25, -0.2) is 4.79 Å². The number of rotatable bonds is 2. The Balaban J connectivity index is 1.69. The lowest BCUT2D eigenvalue weighted by molar-refractivity contribution is -0.143. The molecular weight excluding hydrogens is 240 g/mol. The average Bonchev–Trinajstić information content (AvgIpc) is 2.85. The lowest BCUT2D eigenvalue weighted by Crippen LogP contribution is -2.52. The van der Waals surface area contributed by atoms with E-state index in [4.69, 9.17) is 4.74 Å². The van der Waals surface area contributed by atoms with E-state index < -0.39 is 0 Å². The molecule has 5 aliphatic carbocycles. The topological polar surface area (TPSA) is 46.5 Å². The highest BCUT2D eigenvalue weighted by molar-refractivity contribution is 5.91. The first kappa shape index (κ1) is 10.5. The van der Waals surface area contributed by atoms with Gasteiger partial charge in [0.25, 0.3) is 0 Å². The summed E-state index contributed by atoms with van der Waals surface area (Å²) in [6, 6.07) is 0. The van der Waals surface area contributed by atoms with Crippen LogP contribution in [0.4, 0.5) is 0 Å². The predicted octanol–water partition coefficient (Wildman–Crippen LogP) is 2.31. The molecule has 0 radical (unpaired) electrons. The molecule has 4 saturated carbocycles. The zero-order valence-electron chi connectivity index (χ0n) is 11.0. The Bertz CT molecular complexity index is 560. The quantitative estimate of drug-likeness (QED) is 0.610. The Morgan fingerprint density at radius 3 is 2.68 bits per heavy atom. The van der Waals surface area contributed by atoms with Crippen LogP contribution in [0.15, 0.2) is 23.5 Å². The van der Waals surface area contributed by atoms with Crippen LogP contribution in [-0.2, 0) is 9.53 Å². The van der Waals surface area contributed by atoms with Crippen molar-refractivity contribution in [3.63, 3.8) is 0 Å². The van der Waals surface area contributed by atoms with E-state index >= 15 is 0 Å². The molecule has 3 nitrogen and oxygen atoms in total. The van der Waals surface area contributed by atoms with E-state index in [1.807, 2.05) is 6.92 Å². The number of fused-ring (bicyclic) bond motifs is 2. The third kappa shape index (κ3) is 0.843. The third-order valence-electron chi connectivity index (χ3n) is 6.78. The van der Waals surface area contributed by atoms with E-state index in [0.717, 1.165) is 11.8 Å². The molecule has 2 bridgehead atoms. The molecule has 4 fully saturated rings. The van der Waals surface area contributed by atoms with Gasteiger partial charge in [0, 0.05) is 11.8 Å². The van der Waals surface area contributed by atoms with Crippen LogP contribution in [0.1, 0.15) is 13.3 Å². The molecule has 0 aromatic heterocycles. The number of hydrogen-bond acceptors (Lipinski definition) is 3. The molecule has 0 aromatic rings. The fourth-order valence-corrected chi connectivity index (χ4v) is 6.60. The van der Waals surface area contributed by atoms with Crippen molar-refractivity contribution in [2.45, 2.75) is 13.3 Å². The molecule has 3 heteroatoms. The van der Waals surface area contributed by atoms with Gasteiger partial charge >= 0.3 is 5.97 Å². The van der Waals surface area contributed by atoms with Crippen molar-refractivity contribution in [3.05, 3.63) is 23.5 Å². The van der Waals surface area contributed by atoms with Crippen LogP contribution in [0.25, 0.3) is 0 Å². The predicted molar refractivity (Wildman–Crippen MR) is 68.0 cm³/mol. The maximum atomic E-state index is 12.2. The molecule has 0 saturated heterocycles. The Kier molecular flexibility index (Phi) is 1.62. The summed E-state index contributed by atoms with van der Waals surface area (Å²) in [5, 5.41) is 10.6. The van der Waals surface area contributed by atoms with Crippen LogP contribution in [-0.4, -0.2) is 17.7 Å². The number of hydrogen-bond donors (Lipinski definition) is 1. The van der Waals surface area contributed by atoms with Crippen molar-refractivity contribution >= 4 is 5.97 Å². The first-order valence-corrected chi connectivity index (χ1v) is 7.45. The second-order valence-corrected chi connectivity index (χ2v) is 6.92. The van der Waals surface area contributed by atoms with E-state index in [1.54, 1.807) is 0 Å². The van der Waals surface area contributed by atoms with E-state index in [9.17, 15) is 9.90 Å². The monoisotopic (exact) mass is 258 g/mol. The number of aliphatic hydroxyl groups excluding tert-OH is 1. The summed E-state index contributed by atoms with van der Waals surface area (Å²) in [5.41, 5.74) is 1.94. The molecule has 0 heterocycles. The fourth-order valence-electron chi connectivity index (χ4n) is 6.60. The molecule has 0 aliphatic heterocycles. The summed E-state index contributed by atoms with van der Waals surface area (Å²) < 4.78 is 5.18. The molecular formula is C16H18O3. The molecule has 8 unspecified atom stereocenters. The minimum Gasteiger partial charge on any atom is -0.511 e. The van der Waals surface area contributed by atoms with Gasteiger partial charge in [0.05, 0.1) is 12.2 Å². The molecule has 0 spiro atoms. The summed E-state index contributed by atoms with van der Waals surface area (Å²) in [6.45, 7) is 6.51. The highest BCUT2D eigenvalue weighted by Crippen LogP contribution is 2.82. The summed E-state index contributed by atoms with van der Waals surface area (Å²) in [4.78, 5) is 12.2. The van der Waals surface area contributed by atoms with Crippen molar-refractivity contribution in [2.75, 3.05) is 6.61 Å². The average molecular weight is 258 g/mol. The van der Waals surface area contributed by atoms with Crippen LogP contribution in [0.5, 0.6) is 0 Å². The molecule has 100 valence electrons. The number of carbonyl (C=O) groups is 1. The van der Waals surface area contributed by atoms with Gasteiger partial charge in [0.1, 0.15) is 5.76 Å². The van der Waals surface area contributed by atoms with Crippen LogP contribution >= 0.6 is 0 Å². The van der Waals surface area contributed by atoms with Crippen LogP contribution in [0, 0.1) is 47.3 Å².